The van der Waals surface area contributed by atoms with Crippen LogP contribution in [0.15, 0.2) is 55.1 Å². The number of benzene rings is 1. The Hall–Kier alpha value is -5.09. The number of nitrogens with two attached hydrogens (primary N) is 1. The van der Waals surface area contributed by atoms with Gasteiger partial charge in [0, 0.05) is 16.8 Å². The third kappa shape index (κ3) is 5.20. The van der Waals surface area contributed by atoms with Crippen molar-refractivity contribution in [1.29, 1.82) is 5.26 Å². The van der Waals surface area contributed by atoms with E-state index in [4.69, 9.17) is 5.73 Å². The molecule has 13 heteroatoms. The van der Waals surface area contributed by atoms with Crippen LogP contribution in [0.25, 0.3) is 21.5 Å². The van der Waals surface area contributed by atoms with Gasteiger partial charge in [0.25, 0.3) is 5.91 Å². The second kappa shape index (κ2) is 10.5. The molecule has 4 N–H and O–H groups in total. The van der Waals surface area contributed by atoms with E-state index in [9.17, 15) is 18.8 Å². The Bertz CT molecular complexity index is 1720. The van der Waals surface area contributed by atoms with Crippen LogP contribution in [-0.2, 0) is 13.1 Å². The molecule has 0 saturated carbocycles. The average Bonchev–Trinajstić information content (AvgIpc) is 3.41. The molecule has 38 heavy (non-hydrogen) atoms. The number of rotatable bonds is 7. The number of nitriles is 1. The molecule has 4 heterocycles. The minimum atomic E-state index is -1.02. The number of halogens is 2. The van der Waals surface area contributed by atoms with Gasteiger partial charge in [-0.05, 0) is 35.9 Å². The summed E-state index contributed by atoms with van der Waals surface area (Å²) in [6.07, 6.45) is 4.27. The molecule has 5 aromatic rings. The quantitative estimate of drug-likeness (QED) is 0.285. The highest BCUT2D eigenvalue weighted by molar-refractivity contribution is 7.15. The van der Waals surface area contributed by atoms with Crippen LogP contribution in [0.2, 0.25) is 0 Å². The molecule has 0 aliphatic rings. The Morgan fingerprint density at radius 2 is 1.89 bits per heavy atom. The summed E-state index contributed by atoms with van der Waals surface area (Å²) < 4.78 is 26.6. The molecule has 0 bridgehead atoms. The van der Waals surface area contributed by atoms with Gasteiger partial charge in [-0.1, -0.05) is 6.07 Å². The lowest BCUT2D eigenvalue weighted by Gasteiger charge is -2.10. The fraction of sp³-hybridized carbons (Fsp3) is 0.0800. The van der Waals surface area contributed by atoms with Gasteiger partial charge in [0.15, 0.2) is 28.8 Å². The molecule has 0 atom stereocenters. The largest absolute Gasteiger partial charge is 0.383 e. The topological polar surface area (TPSA) is 155 Å². The Kier molecular flexibility index (Phi) is 6.79. The van der Waals surface area contributed by atoms with Crippen molar-refractivity contribution in [3.63, 3.8) is 0 Å². The van der Waals surface area contributed by atoms with E-state index in [0.717, 1.165) is 21.9 Å². The number of nitrogen functional groups attached to an aromatic ring is 1. The molecule has 188 valence electrons. The average molecular weight is 530 g/mol. The molecule has 5 rings (SSSR count). The first kappa shape index (κ1) is 24.6. The van der Waals surface area contributed by atoms with Gasteiger partial charge in [-0.3, -0.25) is 9.78 Å². The standard InChI is InChI=1S/C25H17F2N9OS/c26-17-3-1-13(5-18(17)27)8-33-25(37)22-24(31-9-14(7-28)36-22)32-10-15-2-4-21(38-15)19-6-16-20(11-30-19)34-12-35-23(16)29/h1-6,9,11-12H,8,10H2,(H,31,32)(H,33,37)(H2,29,34,35). The molecule has 0 aliphatic heterocycles. The highest BCUT2D eigenvalue weighted by atomic mass is 32.1. The van der Waals surface area contributed by atoms with Crippen molar-refractivity contribution in [2.45, 2.75) is 13.1 Å². The maximum absolute atomic E-state index is 13.5. The maximum Gasteiger partial charge on any atom is 0.274 e. The minimum Gasteiger partial charge on any atom is -0.383 e. The summed E-state index contributed by atoms with van der Waals surface area (Å²) in [6.45, 7) is 0.240. The van der Waals surface area contributed by atoms with Crippen molar-refractivity contribution in [3.05, 3.63) is 88.6 Å². The van der Waals surface area contributed by atoms with Crippen molar-refractivity contribution in [1.82, 2.24) is 30.2 Å². The van der Waals surface area contributed by atoms with Crippen LogP contribution in [0.1, 0.15) is 26.6 Å². The van der Waals surface area contributed by atoms with Crippen LogP contribution in [0, 0.1) is 23.0 Å². The number of amides is 1. The molecule has 4 aromatic heterocycles. The zero-order valence-corrected chi connectivity index (χ0v) is 20.3. The van der Waals surface area contributed by atoms with E-state index < -0.39 is 17.5 Å². The molecular weight excluding hydrogens is 512 g/mol. The van der Waals surface area contributed by atoms with Gasteiger partial charge in [-0.2, -0.15) is 5.26 Å². The molecule has 0 radical (unpaired) electrons. The third-order valence-electron chi connectivity index (χ3n) is 5.44. The van der Waals surface area contributed by atoms with Crippen LogP contribution >= 0.6 is 11.3 Å². The van der Waals surface area contributed by atoms with E-state index in [0.29, 0.717) is 34.5 Å². The number of pyridine rings is 1. The number of hydrogen-bond donors (Lipinski definition) is 3. The number of carbonyl (C=O) groups is 1. The lowest BCUT2D eigenvalue weighted by molar-refractivity contribution is 0.0946. The van der Waals surface area contributed by atoms with E-state index in [1.807, 2.05) is 24.3 Å². The minimum absolute atomic E-state index is 0.0439. The Morgan fingerprint density at radius 3 is 2.71 bits per heavy atom. The Balaban J connectivity index is 1.31. The lowest BCUT2D eigenvalue weighted by Crippen LogP contribution is -2.26. The Morgan fingerprint density at radius 1 is 1.03 bits per heavy atom. The Labute approximate surface area is 218 Å². The SMILES string of the molecule is N#Cc1cnc(NCc2ccc(-c3cc4c(N)ncnc4cn3)s2)c(C(=O)NCc2ccc(F)c(F)c2)n1. The van der Waals surface area contributed by atoms with Crippen molar-refractivity contribution in [3.8, 4) is 16.6 Å². The number of carbonyl (C=O) groups excluding carboxylic acids is 1. The fourth-order valence-electron chi connectivity index (χ4n) is 3.54. The molecule has 1 aromatic carbocycles. The van der Waals surface area contributed by atoms with Crippen LogP contribution in [-0.4, -0.2) is 30.8 Å². The zero-order chi connectivity index (χ0) is 26.6. The van der Waals surface area contributed by atoms with Gasteiger partial charge in [0.05, 0.1) is 35.0 Å². The predicted octanol–water partition coefficient (Wildman–Crippen LogP) is 3.82. The van der Waals surface area contributed by atoms with Gasteiger partial charge in [0.2, 0.25) is 0 Å². The summed E-state index contributed by atoms with van der Waals surface area (Å²) in [5.74, 6) is -2.10. The summed E-state index contributed by atoms with van der Waals surface area (Å²) >= 11 is 1.48. The summed E-state index contributed by atoms with van der Waals surface area (Å²) in [5, 5.41) is 15.6. The second-order valence-electron chi connectivity index (χ2n) is 7.96. The van der Waals surface area contributed by atoms with Crippen LogP contribution in [0.5, 0.6) is 0 Å². The maximum atomic E-state index is 13.5. The lowest BCUT2D eigenvalue weighted by atomic mass is 10.2. The number of aromatic nitrogens is 5. The highest BCUT2D eigenvalue weighted by Crippen LogP contribution is 2.30. The first-order chi connectivity index (χ1) is 18.4. The molecule has 0 unspecified atom stereocenters. The summed E-state index contributed by atoms with van der Waals surface area (Å²) in [6, 6.07) is 10.8. The van der Waals surface area contributed by atoms with Crippen molar-refractivity contribution >= 4 is 39.8 Å². The molecule has 0 spiro atoms. The zero-order valence-electron chi connectivity index (χ0n) is 19.4. The monoisotopic (exact) mass is 529 g/mol. The number of thiophene rings is 1. The number of anilines is 2. The van der Waals surface area contributed by atoms with Crippen molar-refractivity contribution in [2.24, 2.45) is 0 Å². The van der Waals surface area contributed by atoms with E-state index in [1.165, 1.54) is 29.9 Å². The third-order valence-corrected chi connectivity index (χ3v) is 6.54. The molecule has 10 nitrogen and oxygen atoms in total. The van der Waals surface area contributed by atoms with Crippen LogP contribution in [0.3, 0.4) is 0 Å². The summed E-state index contributed by atoms with van der Waals surface area (Å²) in [4.78, 5) is 35.5. The first-order valence-electron chi connectivity index (χ1n) is 11.1. The number of hydrogen-bond acceptors (Lipinski definition) is 10. The van der Waals surface area contributed by atoms with Crippen molar-refractivity contribution in [2.75, 3.05) is 11.1 Å². The molecule has 0 saturated heterocycles. The van der Waals surface area contributed by atoms with Gasteiger partial charge in [-0.15, -0.1) is 11.3 Å². The fourth-order valence-corrected chi connectivity index (χ4v) is 4.46. The molecular formula is C25H17F2N9OS. The van der Waals surface area contributed by atoms with Gasteiger partial charge >= 0.3 is 0 Å². The van der Waals surface area contributed by atoms with Crippen LogP contribution < -0.4 is 16.4 Å². The number of nitrogens with zero attached hydrogens (tertiary/aromatic N) is 6. The number of fused-ring (bicyclic) bond motifs is 1. The van der Waals surface area contributed by atoms with E-state index >= 15 is 0 Å². The molecule has 0 fully saturated rings. The first-order valence-corrected chi connectivity index (χ1v) is 11.9. The van der Waals surface area contributed by atoms with Crippen molar-refractivity contribution < 1.29 is 13.6 Å². The number of nitrogens with one attached hydrogen (secondary N) is 2. The second-order valence-corrected chi connectivity index (χ2v) is 9.13. The molecule has 0 aliphatic carbocycles. The van der Waals surface area contributed by atoms with E-state index in [-0.39, 0.29) is 23.8 Å². The normalized spacial score (nSPS) is 10.8. The van der Waals surface area contributed by atoms with Gasteiger partial charge in [-0.25, -0.2) is 28.7 Å². The van der Waals surface area contributed by atoms with E-state index in [1.54, 1.807) is 6.20 Å². The van der Waals surface area contributed by atoms with Gasteiger partial charge in [0.1, 0.15) is 18.2 Å². The summed E-state index contributed by atoms with van der Waals surface area (Å²) in [5.41, 5.74) is 7.54. The van der Waals surface area contributed by atoms with Gasteiger partial charge < -0.3 is 16.4 Å². The molecule has 1 amide bonds. The smallest absolute Gasteiger partial charge is 0.274 e. The highest BCUT2D eigenvalue weighted by Gasteiger charge is 2.17. The predicted molar refractivity (Wildman–Crippen MR) is 137 cm³/mol. The summed E-state index contributed by atoms with van der Waals surface area (Å²) in [7, 11) is 0. The van der Waals surface area contributed by atoms with Crippen LogP contribution in [0.4, 0.5) is 20.4 Å². The van der Waals surface area contributed by atoms with E-state index in [2.05, 4.69) is 35.6 Å².